The summed E-state index contributed by atoms with van der Waals surface area (Å²) in [6.07, 6.45) is 2.75. The first kappa shape index (κ1) is 24.0. The third-order valence-corrected chi connectivity index (χ3v) is 8.27. The van der Waals surface area contributed by atoms with Crippen molar-refractivity contribution in [3.63, 3.8) is 0 Å². The summed E-state index contributed by atoms with van der Waals surface area (Å²) in [5, 5.41) is 40.7. The summed E-state index contributed by atoms with van der Waals surface area (Å²) < 4.78 is 11.9. The molecule has 4 N–H and O–H groups in total. The Labute approximate surface area is 205 Å². The number of hydrogen-bond acceptors (Lipinski definition) is 6. The smallest absolute Gasteiger partial charge is 0.119 e. The average molecular weight is 489 g/mol. The monoisotopic (exact) mass is 488 g/mol. The molecule has 184 valence electrons. The van der Waals surface area contributed by atoms with Gasteiger partial charge in [0.1, 0.15) is 36.3 Å². The van der Waals surface area contributed by atoms with E-state index >= 15 is 0 Å². The van der Waals surface area contributed by atoms with Crippen molar-refractivity contribution in [1.29, 1.82) is 0 Å². The molecule has 5 atom stereocenters. The molecule has 0 amide bonds. The van der Waals surface area contributed by atoms with Crippen LogP contribution >= 0.6 is 11.6 Å². The Bertz CT molecular complexity index is 979. The van der Waals surface area contributed by atoms with E-state index in [9.17, 15) is 20.4 Å². The minimum atomic E-state index is -1.42. The fourth-order valence-corrected chi connectivity index (χ4v) is 6.09. The number of ether oxygens (including phenoxy) is 2. The van der Waals surface area contributed by atoms with Crippen molar-refractivity contribution in [1.82, 2.24) is 0 Å². The van der Waals surface area contributed by atoms with Gasteiger partial charge in [0.25, 0.3) is 0 Å². The van der Waals surface area contributed by atoms with E-state index < -0.39 is 37.1 Å². The van der Waals surface area contributed by atoms with E-state index in [-0.39, 0.29) is 0 Å². The minimum Gasteiger partial charge on any atom is -0.490 e. The zero-order valence-electron chi connectivity index (χ0n) is 19.1. The molecule has 1 aliphatic heterocycles. The van der Waals surface area contributed by atoms with Gasteiger partial charge in [0.15, 0.2) is 0 Å². The standard InChI is InChI=1S/C27H33ClO6/c28-21-8-5-17(26-25(32)24(31)23(30)22(15-29)34-26)12-18(21)11-16-3-6-19(7-4-16)33-20-13-27(14-20)9-1-2-10-27/h3-8,12,20,22-26,29-32H,1-2,9-11,13-15H2/t22-,23-,24+,25-,26-/m1/s1. The van der Waals surface area contributed by atoms with Gasteiger partial charge < -0.3 is 29.9 Å². The lowest BCUT2D eigenvalue weighted by atomic mass is 9.65. The van der Waals surface area contributed by atoms with Crippen molar-refractivity contribution < 1.29 is 29.9 Å². The second kappa shape index (κ2) is 9.76. The predicted octanol–water partition coefficient (Wildman–Crippen LogP) is 3.55. The van der Waals surface area contributed by atoms with Gasteiger partial charge in [0, 0.05) is 5.02 Å². The molecular formula is C27H33ClO6. The highest BCUT2D eigenvalue weighted by Gasteiger charge is 2.47. The fourth-order valence-electron chi connectivity index (χ4n) is 5.91. The summed E-state index contributed by atoms with van der Waals surface area (Å²) in [5.41, 5.74) is 3.11. The molecule has 2 saturated carbocycles. The Morgan fingerprint density at radius 2 is 1.65 bits per heavy atom. The lowest BCUT2D eigenvalue weighted by Crippen LogP contribution is -2.55. The Kier molecular flexibility index (Phi) is 6.90. The van der Waals surface area contributed by atoms with E-state index in [0.29, 0.717) is 28.5 Å². The molecule has 0 unspecified atom stereocenters. The molecule has 0 bridgehead atoms. The summed E-state index contributed by atoms with van der Waals surface area (Å²) in [6.45, 7) is -0.460. The maximum Gasteiger partial charge on any atom is 0.119 e. The van der Waals surface area contributed by atoms with E-state index in [1.165, 1.54) is 38.5 Å². The lowest BCUT2D eigenvalue weighted by molar-refractivity contribution is -0.231. The van der Waals surface area contributed by atoms with Crippen LogP contribution in [-0.4, -0.2) is 57.6 Å². The molecule has 2 aromatic carbocycles. The van der Waals surface area contributed by atoms with Gasteiger partial charge in [-0.2, -0.15) is 0 Å². The van der Waals surface area contributed by atoms with Crippen molar-refractivity contribution in [2.24, 2.45) is 5.41 Å². The Morgan fingerprint density at radius 1 is 0.941 bits per heavy atom. The fraction of sp³-hybridized carbons (Fsp3) is 0.556. The molecule has 1 heterocycles. The number of aliphatic hydroxyl groups is 4. The molecule has 3 fully saturated rings. The van der Waals surface area contributed by atoms with E-state index in [0.717, 1.165) is 16.9 Å². The molecule has 7 heteroatoms. The van der Waals surface area contributed by atoms with Gasteiger partial charge in [0.05, 0.1) is 12.7 Å². The second-order valence-electron chi connectivity index (χ2n) is 10.3. The summed E-state index contributed by atoms with van der Waals surface area (Å²) >= 11 is 6.46. The largest absolute Gasteiger partial charge is 0.490 e. The molecule has 34 heavy (non-hydrogen) atoms. The van der Waals surface area contributed by atoms with E-state index in [4.69, 9.17) is 21.1 Å². The Morgan fingerprint density at radius 3 is 2.32 bits per heavy atom. The van der Waals surface area contributed by atoms with Crippen LogP contribution < -0.4 is 4.74 Å². The molecular weight excluding hydrogens is 456 g/mol. The van der Waals surface area contributed by atoms with Crippen LogP contribution in [0, 0.1) is 5.41 Å². The van der Waals surface area contributed by atoms with Crippen molar-refractivity contribution >= 4 is 11.6 Å². The Hall–Kier alpha value is -1.67. The zero-order valence-corrected chi connectivity index (χ0v) is 19.9. The van der Waals surface area contributed by atoms with Crippen molar-refractivity contribution in [3.8, 4) is 5.75 Å². The first-order valence-corrected chi connectivity index (χ1v) is 12.6. The van der Waals surface area contributed by atoms with Crippen LogP contribution in [-0.2, 0) is 11.2 Å². The van der Waals surface area contributed by atoms with Gasteiger partial charge in [0.2, 0.25) is 0 Å². The minimum absolute atomic E-state index is 0.327. The summed E-state index contributed by atoms with van der Waals surface area (Å²) in [5.74, 6) is 0.891. The SMILES string of the molecule is OC[C@H]1O[C@H](c2ccc(Cl)c(Cc3ccc(OC4CC5(CCCC5)C4)cc3)c2)[C@H](O)[C@@H](O)[C@@H]1O. The number of halogens is 1. The maximum atomic E-state index is 10.5. The number of aliphatic hydroxyl groups excluding tert-OH is 4. The van der Waals surface area contributed by atoms with Crippen LogP contribution in [0.2, 0.25) is 5.02 Å². The molecule has 2 aliphatic carbocycles. The van der Waals surface area contributed by atoms with Crippen LogP contribution in [0.3, 0.4) is 0 Å². The molecule has 1 saturated heterocycles. The third-order valence-electron chi connectivity index (χ3n) is 7.90. The van der Waals surface area contributed by atoms with Crippen LogP contribution in [0.15, 0.2) is 42.5 Å². The highest BCUT2D eigenvalue weighted by molar-refractivity contribution is 6.31. The zero-order chi connectivity index (χ0) is 23.9. The van der Waals surface area contributed by atoms with Gasteiger partial charge >= 0.3 is 0 Å². The van der Waals surface area contributed by atoms with Gasteiger partial charge in [-0.25, -0.2) is 0 Å². The predicted molar refractivity (Wildman–Crippen MR) is 128 cm³/mol. The van der Waals surface area contributed by atoms with Gasteiger partial charge in [-0.3, -0.25) is 0 Å². The van der Waals surface area contributed by atoms with Crippen molar-refractivity contribution in [2.75, 3.05) is 6.61 Å². The van der Waals surface area contributed by atoms with Crippen LogP contribution in [0.25, 0.3) is 0 Å². The normalized spacial score (nSPS) is 30.9. The molecule has 0 aromatic heterocycles. The van der Waals surface area contributed by atoms with Gasteiger partial charge in [-0.1, -0.05) is 48.7 Å². The van der Waals surface area contributed by atoms with E-state index in [1.807, 2.05) is 30.3 Å². The first-order chi connectivity index (χ1) is 16.4. The van der Waals surface area contributed by atoms with Crippen molar-refractivity contribution in [3.05, 3.63) is 64.2 Å². The molecule has 3 aliphatic rings. The molecule has 1 spiro atoms. The molecule has 2 aromatic rings. The second-order valence-corrected chi connectivity index (χ2v) is 10.7. The lowest BCUT2D eigenvalue weighted by Gasteiger charge is -2.45. The summed E-state index contributed by atoms with van der Waals surface area (Å²) in [4.78, 5) is 0. The number of hydrogen-bond donors (Lipinski definition) is 4. The third kappa shape index (κ3) is 4.72. The maximum absolute atomic E-state index is 10.5. The number of rotatable bonds is 6. The summed E-state index contributed by atoms with van der Waals surface area (Å²) in [7, 11) is 0. The summed E-state index contributed by atoms with van der Waals surface area (Å²) in [6, 6.07) is 13.4. The molecule has 6 nitrogen and oxygen atoms in total. The van der Waals surface area contributed by atoms with Crippen LogP contribution in [0.1, 0.15) is 61.3 Å². The van der Waals surface area contributed by atoms with Crippen LogP contribution in [0.5, 0.6) is 5.75 Å². The molecule has 0 radical (unpaired) electrons. The number of benzene rings is 2. The van der Waals surface area contributed by atoms with Crippen molar-refractivity contribution in [2.45, 2.75) is 81.6 Å². The van der Waals surface area contributed by atoms with Gasteiger partial charge in [-0.05, 0) is 72.4 Å². The quantitative estimate of drug-likeness (QED) is 0.496. The topological polar surface area (TPSA) is 99.4 Å². The van der Waals surface area contributed by atoms with Crippen LogP contribution in [0.4, 0.5) is 0 Å². The molecule has 5 rings (SSSR count). The van der Waals surface area contributed by atoms with E-state index in [2.05, 4.69) is 0 Å². The highest BCUT2D eigenvalue weighted by Crippen LogP contribution is 2.54. The highest BCUT2D eigenvalue weighted by atomic mass is 35.5. The van der Waals surface area contributed by atoms with E-state index in [1.54, 1.807) is 12.1 Å². The Balaban J connectivity index is 1.24. The first-order valence-electron chi connectivity index (χ1n) is 12.2. The van der Waals surface area contributed by atoms with Gasteiger partial charge in [-0.15, -0.1) is 0 Å². The average Bonchev–Trinajstić information content (AvgIpc) is 3.30.